The summed E-state index contributed by atoms with van der Waals surface area (Å²) in [7, 11) is 0. The highest BCUT2D eigenvalue weighted by Gasteiger charge is 2.34. The summed E-state index contributed by atoms with van der Waals surface area (Å²) in [5, 5.41) is 19.9. The second-order valence-corrected chi connectivity index (χ2v) is 6.98. The van der Waals surface area contributed by atoms with Crippen molar-refractivity contribution >= 4 is 51.8 Å². The van der Waals surface area contributed by atoms with Crippen LogP contribution in [-0.2, 0) is 9.59 Å². The molecule has 1 heterocycles. The van der Waals surface area contributed by atoms with E-state index in [4.69, 9.17) is 27.9 Å². The van der Waals surface area contributed by atoms with Gasteiger partial charge >= 0.3 is 11.9 Å². The van der Waals surface area contributed by atoms with Crippen molar-refractivity contribution < 1.29 is 29.3 Å². The Hall–Kier alpha value is -2.51. The van der Waals surface area contributed by atoms with E-state index in [9.17, 15) is 24.6 Å². The normalized spacial score (nSPS) is 16.5. The van der Waals surface area contributed by atoms with Crippen molar-refractivity contribution in [3.05, 3.63) is 39.9 Å². The van der Waals surface area contributed by atoms with E-state index in [2.05, 4.69) is 0 Å². The maximum atomic E-state index is 12.4. The molecule has 1 fully saturated rings. The summed E-state index contributed by atoms with van der Waals surface area (Å²) in [5.41, 5.74) is -0.0483. The Balaban J connectivity index is 1.91. The lowest BCUT2D eigenvalue weighted by atomic mass is 10.1. The van der Waals surface area contributed by atoms with Gasteiger partial charge < -0.3 is 19.8 Å². The van der Waals surface area contributed by atoms with Gasteiger partial charge in [-0.25, -0.2) is 9.59 Å². The molecule has 1 aliphatic heterocycles. The first-order valence-electron chi connectivity index (χ1n) is 8.09. The van der Waals surface area contributed by atoms with Crippen LogP contribution in [-0.4, -0.2) is 52.2 Å². The first-order valence-corrected chi connectivity index (χ1v) is 8.84. The van der Waals surface area contributed by atoms with Gasteiger partial charge in [-0.1, -0.05) is 23.2 Å². The van der Waals surface area contributed by atoms with Gasteiger partial charge in [0.05, 0.1) is 10.6 Å². The summed E-state index contributed by atoms with van der Waals surface area (Å²) < 4.78 is 5.56. The van der Waals surface area contributed by atoms with E-state index in [1.807, 2.05) is 0 Å². The molecule has 1 aliphatic rings. The number of likely N-dealkylation sites (tertiary alicyclic amines) is 1. The molecule has 27 heavy (non-hydrogen) atoms. The van der Waals surface area contributed by atoms with Crippen LogP contribution in [0.15, 0.2) is 24.3 Å². The number of hydrogen-bond acceptors (Lipinski definition) is 4. The molecule has 0 spiro atoms. The molecule has 2 aromatic carbocycles. The highest BCUT2D eigenvalue weighted by atomic mass is 35.5. The molecule has 0 bridgehead atoms. The second kappa shape index (κ2) is 7.62. The lowest BCUT2D eigenvalue weighted by Crippen LogP contribution is -2.42. The van der Waals surface area contributed by atoms with Crippen molar-refractivity contribution in [1.29, 1.82) is 0 Å². The predicted molar refractivity (Wildman–Crippen MR) is 98.8 cm³/mol. The highest BCUT2D eigenvalue weighted by molar-refractivity contribution is 6.39. The number of carboxylic acid groups (broad SMARTS) is 2. The molecule has 1 saturated heterocycles. The second-order valence-electron chi connectivity index (χ2n) is 6.14. The zero-order chi connectivity index (χ0) is 19.7. The van der Waals surface area contributed by atoms with E-state index in [-0.39, 0.29) is 16.3 Å². The number of benzene rings is 2. The molecule has 1 atom stereocenters. The fourth-order valence-electron chi connectivity index (χ4n) is 3.17. The maximum absolute atomic E-state index is 12.4. The van der Waals surface area contributed by atoms with Gasteiger partial charge in [-0.15, -0.1) is 0 Å². The van der Waals surface area contributed by atoms with Crippen LogP contribution in [0.1, 0.15) is 23.2 Å². The summed E-state index contributed by atoms with van der Waals surface area (Å²) in [6, 6.07) is 4.85. The van der Waals surface area contributed by atoms with Gasteiger partial charge in [0.1, 0.15) is 11.8 Å². The molecule has 3 rings (SSSR count). The van der Waals surface area contributed by atoms with Gasteiger partial charge in [0.25, 0.3) is 5.91 Å². The number of hydrogen-bond donors (Lipinski definition) is 2. The van der Waals surface area contributed by atoms with Gasteiger partial charge in [-0.3, -0.25) is 4.79 Å². The van der Waals surface area contributed by atoms with Crippen LogP contribution in [0.4, 0.5) is 0 Å². The third-order valence-corrected chi connectivity index (χ3v) is 4.90. The number of carboxylic acids is 2. The van der Waals surface area contributed by atoms with Gasteiger partial charge in [-0.2, -0.15) is 0 Å². The molecule has 142 valence electrons. The van der Waals surface area contributed by atoms with E-state index < -0.39 is 30.5 Å². The molecular formula is C18H15Cl2NO6. The van der Waals surface area contributed by atoms with Crippen LogP contribution in [0.3, 0.4) is 0 Å². The summed E-state index contributed by atoms with van der Waals surface area (Å²) in [5.74, 6) is -2.60. The van der Waals surface area contributed by atoms with Crippen molar-refractivity contribution in [2.24, 2.45) is 0 Å². The fourth-order valence-corrected chi connectivity index (χ4v) is 3.77. The number of rotatable bonds is 5. The Morgan fingerprint density at radius 3 is 2.56 bits per heavy atom. The van der Waals surface area contributed by atoms with E-state index in [1.54, 1.807) is 6.07 Å². The molecule has 9 heteroatoms. The van der Waals surface area contributed by atoms with E-state index in [1.165, 1.54) is 23.1 Å². The number of ether oxygens (including phenoxy) is 1. The van der Waals surface area contributed by atoms with Crippen LogP contribution in [0.2, 0.25) is 10.0 Å². The summed E-state index contributed by atoms with van der Waals surface area (Å²) in [6.07, 6.45) is 0.993. The molecule has 0 aromatic heterocycles. The van der Waals surface area contributed by atoms with Crippen LogP contribution in [0.5, 0.6) is 5.75 Å². The van der Waals surface area contributed by atoms with E-state index in [0.717, 1.165) is 0 Å². The van der Waals surface area contributed by atoms with Gasteiger partial charge in [0.15, 0.2) is 6.61 Å². The predicted octanol–water partition coefficient (Wildman–Crippen LogP) is 3.30. The number of halogens is 2. The van der Waals surface area contributed by atoms with Crippen molar-refractivity contribution in [2.75, 3.05) is 13.2 Å². The minimum Gasteiger partial charge on any atom is -0.483 e. The van der Waals surface area contributed by atoms with Crippen molar-refractivity contribution in [1.82, 2.24) is 4.90 Å². The largest absolute Gasteiger partial charge is 0.483 e. The van der Waals surface area contributed by atoms with Crippen molar-refractivity contribution in [3.63, 3.8) is 0 Å². The van der Waals surface area contributed by atoms with Crippen LogP contribution >= 0.6 is 23.2 Å². The molecule has 7 nitrogen and oxygen atoms in total. The zero-order valence-electron chi connectivity index (χ0n) is 13.9. The monoisotopic (exact) mass is 411 g/mol. The van der Waals surface area contributed by atoms with Gasteiger partial charge in [0, 0.05) is 17.0 Å². The van der Waals surface area contributed by atoms with Crippen molar-refractivity contribution in [2.45, 2.75) is 18.9 Å². The summed E-state index contributed by atoms with van der Waals surface area (Å²) in [6.45, 7) is -0.0909. The number of amides is 1. The fraction of sp³-hybridized carbons (Fsp3) is 0.278. The Kier molecular flexibility index (Phi) is 5.43. The average Bonchev–Trinajstić information content (AvgIpc) is 3.08. The van der Waals surface area contributed by atoms with E-state index in [0.29, 0.717) is 35.2 Å². The van der Waals surface area contributed by atoms with Crippen LogP contribution in [0, 0.1) is 0 Å². The Bertz CT molecular complexity index is 945. The number of aromatic carboxylic acids is 1. The first-order chi connectivity index (χ1) is 12.8. The summed E-state index contributed by atoms with van der Waals surface area (Å²) >= 11 is 12.2. The van der Waals surface area contributed by atoms with Crippen LogP contribution in [0.25, 0.3) is 10.8 Å². The number of aliphatic carboxylic acids is 1. The Labute approximate surface area is 164 Å². The number of carbonyl (C=O) groups is 3. The van der Waals surface area contributed by atoms with Gasteiger partial charge in [0.2, 0.25) is 0 Å². The molecule has 0 radical (unpaired) electrons. The highest BCUT2D eigenvalue weighted by Crippen LogP contribution is 2.36. The van der Waals surface area contributed by atoms with Crippen LogP contribution < -0.4 is 4.74 Å². The SMILES string of the molecule is O=C(O)c1cc(OCC(=O)N2CCCC2C(=O)O)c2c(Cl)cc(Cl)cc2c1. The standard InChI is InChI=1S/C18H15Cl2NO6/c19-11-5-9-4-10(17(23)24)6-14(16(9)12(20)7-11)27-8-15(22)21-3-1-2-13(21)18(25)26/h4-7,13H,1-3,8H2,(H,23,24)(H,25,26). The molecule has 0 saturated carbocycles. The minimum atomic E-state index is -1.17. The lowest BCUT2D eigenvalue weighted by molar-refractivity contribution is -0.148. The van der Waals surface area contributed by atoms with Crippen molar-refractivity contribution in [3.8, 4) is 5.75 Å². The molecule has 1 unspecified atom stereocenters. The first kappa shape index (κ1) is 19.3. The maximum Gasteiger partial charge on any atom is 0.335 e. The number of nitrogens with zero attached hydrogens (tertiary/aromatic N) is 1. The smallest absolute Gasteiger partial charge is 0.335 e. The topological polar surface area (TPSA) is 104 Å². The third kappa shape index (κ3) is 3.94. The van der Waals surface area contributed by atoms with E-state index >= 15 is 0 Å². The average molecular weight is 412 g/mol. The molecule has 1 amide bonds. The Morgan fingerprint density at radius 2 is 1.89 bits per heavy atom. The number of fused-ring (bicyclic) bond motifs is 1. The Morgan fingerprint density at radius 1 is 1.15 bits per heavy atom. The molecule has 2 aromatic rings. The zero-order valence-corrected chi connectivity index (χ0v) is 15.5. The number of carbonyl (C=O) groups excluding carboxylic acids is 1. The summed E-state index contributed by atoms with van der Waals surface area (Å²) in [4.78, 5) is 36.3. The lowest BCUT2D eigenvalue weighted by Gasteiger charge is -2.21. The molecular weight excluding hydrogens is 397 g/mol. The third-order valence-electron chi connectivity index (χ3n) is 4.39. The quantitative estimate of drug-likeness (QED) is 0.781. The molecule has 2 N–H and O–H groups in total. The minimum absolute atomic E-state index is 0.0483. The molecule has 0 aliphatic carbocycles. The van der Waals surface area contributed by atoms with Gasteiger partial charge in [-0.05, 0) is 42.5 Å².